The molecular weight excluding hydrogens is 618 g/mol. The van der Waals surface area contributed by atoms with Gasteiger partial charge in [0.1, 0.15) is 12.6 Å². The second kappa shape index (κ2) is 15.4. The molecule has 0 aromatic heterocycles. The molecule has 0 aliphatic carbocycles. The number of nitrogens with one attached hydrogen (secondary N) is 1. The topological polar surface area (TPSA) is 86.8 Å². The molecule has 0 bridgehead atoms. The Hall–Kier alpha value is -4.14. The first-order chi connectivity index (χ1) is 21.9. The average Bonchev–Trinajstić information content (AvgIpc) is 3.03. The van der Waals surface area contributed by atoms with Crippen molar-refractivity contribution >= 4 is 39.1 Å². The third-order valence-electron chi connectivity index (χ3n) is 8.08. The van der Waals surface area contributed by atoms with Crippen LogP contribution in [0.5, 0.6) is 0 Å². The molecule has 0 aliphatic heterocycles. The van der Waals surface area contributed by atoms with Crippen molar-refractivity contribution < 1.29 is 18.0 Å². The Labute approximate surface area is 278 Å². The Balaban J connectivity index is 1.84. The van der Waals surface area contributed by atoms with Crippen molar-refractivity contribution in [3.8, 4) is 0 Å². The first-order valence-corrected chi connectivity index (χ1v) is 17.3. The van der Waals surface area contributed by atoms with Crippen LogP contribution < -0.4 is 9.62 Å². The zero-order chi connectivity index (χ0) is 33.4. The van der Waals surface area contributed by atoms with Crippen molar-refractivity contribution in [3.05, 3.63) is 130 Å². The van der Waals surface area contributed by atoms with E-state index in [4.69, 9.17) is 11.6 Å². The van der Waals surface area contributed by atoms with E-state index in [0.717, 1.165) is 21.0 Å². The maximum absolute atomic E-state index is 14.6. The van der Waals surface area contributed by atoms with Crippen LogP contribution >= 0.6 is 11.6 Å². The first kappa shape index (κ1) is 34.7. The monoisotopic (exact) mass is 659 g/mol. The zero-order valence-electron chi connectivity index (χ0n) is 27.0. The van der Waals surface area contributed by atoms with E-state index in [-0.39, 0.29) is 29.8 Å². The van der Waals surface area contributed by atoms with Crippen LogP contribution in [-0.4, -0.2) is 43.8 Å². The molecule has 0 saturated heterocycles. The molecule has 0 fully saturated rings. The Morgan fingerprint density at radius 3 is 2.11 bits per heavy atom. The third kappa shape index (κ3) is 8.56. The van der Waals surface area contributed by atoms with Gasteiger partial charge in [-0.15, -0.1) is 0 Å². The Morgan fingerprint density at radius 2 is 1.48 bits per heavy atom. The van der Waals surface area contributed by atoms with Gasteiger partial charge in [-0.2, -0.15) is 0 Å². The standard InChI is InChI=1S/C37H42ClN3O4S/c1-6-29(5)39-37(43)35(23-30-12-8-7-9-13-30)40(24-31-14-10-11-15-33(31)38)36(42)25-41(34-21-18-27(3)22-28(34)4)46(44,45)32-19-16-26(2)17-20-32/h7-22,29,35H,6,23-25H2,1-5H3,(H,39,43)/t29-,35-/m0/s1. The molecular formula is C37H42ClN3O4S. The smallest absolute Gasteiger partial charge is 0.264 e. The lowest BCUT2D eigenvalue weighted by Crippen LogP contribution is -2.54. The number of hydrogen-bond acceptors (Lipinski definition) is 4. The van der Waals surface area contributed by atoms with E-state index in [1.807, 2.05) is 83.1 Å². The van der Waals surface area contributed by atoms with Gasteiger partial charge in [0.15, 0.2) is 0 Å². The molecule has 1 N–H and O–H groups in total. The highest BCUT2D eigenvalue weighted by Gasteiger charge is 2.35. The van der Waals surface area contributed by atoms with Gasteiger partial charge in [-0.3, -0.25) is 13.9 Å². The van der Waals surface area contributed by atoms with Gasteiger partial charge in [-0.25, -0.2) is 8.42 Å². The summed E-state index contributed by atoms with van der Waals surface area (Å²) >= 11 is 6.58. The van der Waals surface area contributed by atoms with Crippen LogP contribution in [0.2, 0.25) is 5.02 Å². The Morgan fingerprint density at radius 1 is 0.848 bits per heavy atom. The predicted molar refractivity (Wildman–Crippen MR) is 185 cm³/mol. The molecule has 4 aromatic rings. The van der Waals surface area contributed by atoms with Gasteiger partial charge >= 0.3 is 0 Å². The summed E-state index contributed by atoms with van der Waals surface area (Å²) in [6, 6.07) is 27.5. The van der Waals surface area contributed by atoms with Gasteiger partial charge in [-0.1, -0.05) is 102 Å². The van der Waals surface area contributed by atoms with Gasteiger partial charge in [0.25, 0.3) is 10.0 Å². The summed E-state index contributed by atoms with van der Waals surface area (Å²) in [4.78, 5) is 30.1. The fourth-order valence-electron chi connectivity index (χ4n) is 5.24. The minimum Gasteiger partial charge on any atom is -0.352 e. The van der Waals surface area contributed by atoms with Gasteiger partial charge in [0.2, 0.25) is 11.8 Å². The summed E-state index contributed by atoms with van der Waals surface area (Å²) < 4.78 is 29.7. The highest BCUT2D eigenvalue weighted by molar-refractivity contribution is 7.92. The fraction of sp³-hybridized carbons (Fsp3) is 0.297. The van der Waals surface area contributed by atoms with Crippen molar-refractivity contribution in [1.82, 2.24) is 10.2 Å². The lowest BCUT2D eigenvalue weighted by molar-refractivity contribution is -0.140. The Bertz CT molecular complexity index is 1760. The summed E-state index contributed by atoms with van der Waals surface area (Å²) in [6.45, 7) is 9.00. The van der Waals surface area contributed by atoms with E-state index in [0.29, 0.717) is 28.3 Å². The van der Waals surface area contributed by atoms with Crippen LogP contribution in [0.3, 0.4) is 0 Å². The largest absolute Gasteiger partial charge is 0.352 e. The van der Waals surface area contributed by atoms with E-state index >= 15 is 0 Å². The van der Waals surface area contributed by atoms with Gasteiger partial charge in [0.05, 0.1) is 10.6 Å². The van der Waals surface area contributed by atoms with Gasteiger partial charge in [-0.05, 0) is 75.1 Å². The lowest BCUT2D eigenvalue weighted by atomic mass is 10.0. The molecule has 0 radical (unpaired) electrons. The molecule has 46 heavy (non-hydrogen) atoms. The molecule has 2 amide bonds. The maximum atomic E-state index is 14.6. The fourth-order valence-corrected chi connectivity index (χ4v) is 6.92. The molecule has 9 heteroatoms. The zero-order valence-corrected chi connectivity index (χ0v) is 28.6. The number of nitrogens with zero attached hydrogens (tertiary/aromatic N) is 2. The van der Waals surface area contributed by atoms with E-state index in [1.54, 1.807) is 48.5 Å². The highest BCUT2D eigenvalue weighted by atomic mass is 35.5. The molecule has 4 rings (SSSR count). The summed E-state index contributed by atoms with van der Waals surface area (Å²) in [5, 5.41) is 3.49. The van der Waals surface area contributed by atoms with Crippen LogP contribution in [0.15, 0.2) is 102 Å². The molecule has 0 saturated carbocycles. The van der Waals surface area contributed by atoms with Crippen LogP contribution in [-0.2, 0) is 32.6 Å². The van der Waals surface area contributed by atoms with Crippen molar-refractivity contribution in [2.24, 2.45) is 0 Å². The van der Waals surface area contributed by atoms with E-state index in [1.165, 1.54) is 4.90 Å². The number of aryl methyl sites for hydroxylation is 3. The van der Waals surface area contributed by atoms with Crippen molar-refractivity contribution in [1.29, 1.82) is 0 Å². The number of halogens is 1. The second-order valence-electron chi connectivity index (χ2n) is 11.8. The normalized spacial score (nSPS) is 12.7. The van der Waals surface area contributed by atoms with E-state index in [9.17, 15) is 18.0 Å². The number of benzene rings is 4. The van der Waals surface area contributed by atoms with Crippen LogP contribution in [0.4, 0.5) is 5.69 Å². The maximum Gasteiger partial charge on any atom is 0.264 e. The average molecular weight is 660 g/mol. The summed E-state index contributed by atoms with van der Waals surface area (Å²) in [5.74, 6) is -0.853. The second-order valence-corrected chi connectivity index (χ2v) is 14.0. The Kier molecular flexibility index (Phi) is 11.7. The van der Waals surface area contributed by atoms with Crippen molar-refractivity contribution in [2.45, 2.75) is 71.0 Å². The SMILES string of the molecule is CC[C@H](C)NC(=O)[C@H](Cc1ccccc1)N(Cc1ccccc1Cl)C(=O)CN(c1ccc(C)cc1C)S(=O)(=O)c1ccc(C)cc1. The minimum absolute atomic E-state index is 0.00916. The third-order valence-corrected chi connectivity index (χ3v) is 10.2. The number of amides is 2. The van der Waals surface area contributed by atoms with Crippen molar-refractivity contribution in [2.75, 3.05) is 10.8 Å². The highest BCUT2D eigenvalue weighted by Crippen LogP contribution is 2.29. The van der Waals surface area contributed by atoms with E-state index in [2.05, 4.69) is 5.32 Å². The molecule has 7 nitrogen and oxygen atoms in total. The van der Waals surface area contributed by atoms with Gasteiger partial charge in [0, 0.05) is 24.0 Å². The van der Waals surface area contributed by atoms with Crippen molar-refractivity contribution in [3.63, 3.8) is 0 Å². The molecule has 2 atom stereocenters. The van der Waals surface area contributed by atoms with Crippen LogP contribution in [0, 0.1) is 20.8 Å². The number of rotatable bonds is 13. The molecule has 0 aliphatic rings. The molecule has 4 aromatic carbocycles. The van der Waals surface area contributed by atoms with E-state index < -0.39 is 28.5 Å². The summed E-state index contributed by atoms with van der Waals surface area (Å²) in [7, 11) is -4.18. The van der Waals surface area contributed by atoms with Gasteiger partial charge < -0.3 is 10.2 Å². The summed E-state index contributed by atoms with van der Waals surface area (Å²) in [6.07, 6.45) is 0.936. The first-order valence-electron chi connectivity index (χ1n) is 15.4. The lowest BCUT2D eigenvalue weighted by Gasteiger charge is -2.34. The number of carbonyl (C=O) groups is 2. The number of sulfonamides is 1. The van der Waals surface area contributed by atoms with Crippen LogP contribution in [0.1, 0.15) is 48.1 Å². The number of carbonyl (C=O) groups excluding carboxylic acids is 2. The minimum atomic E-state index is -4.18. The molecule has 242 valence electrons. The number of anilines is 1. The molecule has 0 spiro atoms. The quantitative estimate of drug-likeness (QED) is 0.167. The molecule has 0 heterocycles. The number of hydrogen-bond donors (Lipinski definition) is 1. The molecule has 0 unspecified atom stereocenters. The summed E-state index contributed by atoms with van der Waals surface area (Å²) in [5.41, 5.74) is 4.48. The van der Waals surface area contributed by atoms with Crippen LogP contribution in [0.25, 0.3) is 0 Å². The predicted octanol–water partition coefficient (Wildman–Crippen LogP) is 7.02.